The number of imidazole rings is 1. The van der Waals surface area contributed by atoms with Crippen LogP contribution in [-0.2, 0) is 16.6 Å². The van der Waals surface area contributed by atoms with E-state index < -0.39 is 10.0 Å². The molecule has 2 heterocycles. The second-order valence-electron chi connectivity index (χ2n) is 8.30. The summed E-state index contributed by atoms with van der Waals surface area (Å²) in [4.78, 5) is 18.9. The molecular formula is C24H28N4O4S. The topological polar surface area (TPSA) is 93.5 Å². The smallest absolute Gasteiger partial charge is 0.257 e. The van der Waals surface area contributed by atoms with E-state index in [4.69, 9.17) is 4.74 Å². The number of likely N-dealkylation sites (tertiary alicyclic amines) is 1. The number of sulfonamides is 1. The van der Waals surface area contributed by atoms with E-state index in [1.807, 2.05) is 35.0 Å². The molecule has 4 rings (SSSR count). The number of hydrogen-bond donors (Lipinski definition) is 1. The van der Waals surface area contributed by atoms with Crippen molar-refractivity contribution in [1.82, 2.24) is 19.2 Å². The Kier molecular flexibility index (Phi) is 6.80. The van der Waals surface area contributed by atoms with Crippen LogP contribution in [0.1, 0.15) is 35.7 Å². The van der Waals surface area contributed by atoms with E-state index in [0.717, 1.165) is 24.1 Å². The first-order valence-corrected chi connectivity index (χ1v) is 12.4. The monoisotopic (exact) mass is 468 g/mol. The van der Waals surface area contributed by atoms with Crippen molar-refractivity contribution < 1.29 is 17.9 Å². The quantitative estimate of drug-likeness (QED) is 0.575. The van der Waals surface area contributed by atoms with Crippen molar-refractivity contribution in [2.45, 2.75) is 31.2 Å². The van der Waals surface area contributed by atoms with Gasteiger partial charge in [0.25, 0.3) is 5.91 Å². The van der Waals surface area contributed by atoms with Gasteiger partial charge in [-0.3, -0.25) is 4.79 Å². The summed E-state index contributed by atoms with van der Waals surface area (Å²) in [5, 5.41) is 0. The molecule has 1 aromatic heterocycles. The fraction of sp³-hybridized carbons (Fsp3) is 0.333. The van der Waals surface area contributed by atoms with Gasteiger partial charge in [-0.2, -0.15) is 0 Å². The Balaban J connectivity index is 1.49. The van der Waals surface area contributed by atoms with Gasteiger partial charge in [-0.1, -0.05) is 19.1 Å². The van der Waals surface area contributed by atoms with Gasteiger partial charge in [0.05, 0.1) is 23.9 Å². The van der Waals surface area contributed by atoms with Crippen LogP contribution in [0.3, 0.4) is 0 Å². The largest absolute Gasteiger partial charge is 0.496 e. The molecule has 1 saturated heterocycles. The predicted molar refractivity (Wildman–Crippen MR) is 125 cm³/mol. The van der Waals surface area contributed by atoms with Gasteiger partial charge in [0, 0.05) is 37.7 Å². The van der Waals surface area contributed by atoms with E-state index >= 15 is 0 Å². The standard InChI is InChI=1S/C24H28N4O4S/c1-18-9-12-27(13-10-18)24(29)22-15-21(7-8-23(22)32-2)33(30,31)26-16-19-3-5-20(6-4-19)28-14-11-25-17-28/h3-8,11,14-15,17-18,26H,9-10,12-13,16H2,1-2H3. The van der Waals surface area contributed by atoms with Crippen LogP contribution < -0.4 is 9.46 Å². The average Bonchev–Trinajstić information content (AvgIpc) is 3.38. The molecule has 1 amide bonds. The molecule has 0 aliphatic carbocycles. The second-order valence-corrected chi connectivity index (χ2v) is 10.1. The minimum absolute atomic E-state index is 0.0343. The lowest BCUT2D eigenvalue weighted by Gasteiger charge is -2.30. The number of ether oxygens (including phenoxy) is 1. The maximum Gasteiger partial charge on any atom is 0.257 e. The molecule has 2 aromatic carbocycles. The number of nitrogens with zero attached hydrogens (tertiary/aromatic N) is 3. The third-order valence-corrected chi connectivity index (χ3v) is 7.39. The van der Waals surface area contributed by atoms with Crippen molar-refractivity contribution in [3.05, 3.63) is 72.3 Å². The SMILES string of the molecule is COc1ccc(S(=O)(=O)NCc2ccc(-n3ccnc3)cc2)cc1C(=O)N1CCC(C)CC1. The molecule has 0 spiro atoms. The third-order valence-electron chi connectivity index (χ3n) is 5.99. The number of amides is 1. The van der Waals surface area contributed by atoms with Crippen molar-refractivity contribution in [3.8, 4) is 11.4 Å². The van der Waals surface area contributed by atoms with Crippen LogP contribution in [0.15, 0.2) is 66.1 Å². The molecule has 1 aliphatic rings. The molecule has 0 saturated carbocycles. The van der Waals surface area contributed by atoms with Gasteiger partial charge in [-0.25, -0.2) is 18.1 Å². The average molecular weight is 469 g/mol. The highest BCUT2D eigenvalue weighted by Gasteiger charge is 2.26. The summed E-state index contributed by atoms with van der Waals surface area (Å²) in [6.45, 7) is 3.62. The highest BCUT2D eigenvalue weighted by Crippen LogP contribution is 2.26. The Bertz CT molecular complexity index is 1200. The van der Waals surface area contributed by atoms with Crippen LogP contribution in [0.4, 0.5) is 0 Å². The summed E-state index contributed by atoms with van der Waals surface area (Å²) >= 11 is 0. The third kappa shape index (κ3) is 5.26. The van der Waals surface area contributed by atoms with E-state index in [2.05, 4.69) is 16.6 Å². The Morgan fingerprint density at radius 3 is 2.52 bits per heavy atom. The maximum absolute atomic E-state index is 13.1. The highest BCUT2D eigenvalue weighted by atomic mass is 32.2. The summed E-state index contributed by atoms with van der Waals surface area (Å²) < 4.78 is 35.8. The van der Waals surface area contributed by atoms with Crippen molar-refractivity contribution >= 4 is 15.9 Å². The minimum Gasteiger partial charge on any atom is -0.496 e. The molecule has 3 aromatic rings. The van der Waals surface area contributed by atoms with Crippen molar-refractivity contribution in [2.24, 2.45) is 5.92 Å². The summed E-state index contributed by atoms with van der Waals surface area (Å²) in [6, 6.07) is 11.9. The second kappa shape index (κ2) is 9.76. The van der Waals surface area contributed by atoms with Gasteiger partial charge >= 0.3 is 0 Å². The number of benzene rings is 2. The van der Waals surface area contributed by atoms with Crippen LogP contribution in [0.2, 0.25) is 0 Å². The fourth-order valence-corrected chi connectivity index (χ4v) is 4.91. The molecule has 33 heavy (non-hydrogen) atoms. The van der Waals surface area contributed by atoms with E-state index in [0.29, 0.717) is 24.8 Å². The Hall–Kier alpha value is -3.17. The molecular weight excluding hydrogens is 440 g/mol. The maximum atomic E-state index is 13.1. The number of hydrogen-bond acceptors (Lipinski definition) is 5. The fourth-order valence-electron chi connectivity index (χ4n) is 3.86. The summed E-state index contributed by atoms with van der Waals surface area (Å²) in [5.41, 5.74) is 2.01. The number of methoxy groups -OCH3 is 1. The van der Waals surface area contributed by atoms with Crippen molar-refractivity contribution in [3.63, 3.8) is 0 Å². The van der Waals surface area contributed by atoms with E-state index in [9.17, 15) is 13.2 Å². The van der Waals surface area contributed by atoms with E-state index in [1.165, 1.54) is 25.3 Å². The Morgan fingerprint density at radius 1 is 1.15 bits per heavy atom. The molecule has 1 aliphatic heterocycles. The van der Waals surface area contributed by atoms with Gasteiger partial charge in [0.2, 0.25) is 10.0 Å². The van der Waals surface area contributed by atoms with Crippen LogP contribution in [0, 0.1) is 5.92 Å². The molecule has 1 N–H and O–H groups in total. The zero-order chi connectivity index (χ0) is 23.4. The van der Waals surface area contributed by atoms with E-state index in [1.54, 1.807) is 17.4 Å². The van der Waals surface area contributed by atoms with Crippen LogP contribution in [0.5, 0.6) is 5.75 Å². The van der Waals surface area contributed by atoms with E-state index in [-0.39, 0.29) is 22.9 Å². The summed E-state index contributed by atoms with van der Waals surface area (Å²) in [5.74, 6) is 0.749. The minimum atomic E-state index is -3.82. The number of aromatic nitrogens is 2. The molecule has 8 nitrogen and oxygen atoms in total. The number of carbonyl (C=O) groups excluding carboxylic acids is 1. The zero-order valence-corrected chi connectivity index (χ0v) is 19.6. The van der Waals surface area contributed by atoms with Gasteiger partial charge < -0.3 is 14.2 Å². The normalized spacial score (nSPS) is 14.9. The van der Waals surface area contributed by atoms with Gasteiger partial charge in [-0.15, -0.1) is 0 Å². The number of carbonyl (C=O) groups is 1. The molecule has 0 bridgehead atoms. The van der Waals surface area contributed by atoms with Crippen LogP contribution >= 0.6 is 0 Å². The number of piperidine rings is 1. The predicted octanol–water partition coefficient (Wildman–Crippen LogP) is 3.23. The molecule has 1 fully saturated rings. The lowest BCUT2D eigenvalue weighted by Crippen LogP contribution is -2.38. The van der Waals surface area contributed by atoms with Crippen LogP contribution in [0.25, 0.3) is 5.69 Å². The Labute approximate surface area is 194 Å². The lowest BCUT2D eigenvalue weighted by atomic mass is 9.98. The molecule has 174 valence electrons. The highest BCUT2D eigenvalue weighted by molar-refractivity contribution is 7.89. The number of rotatable bonds is 7. The van der Waals surface area contributed by atoms with Gasteiger partial charge in [0.15, 0.2) is 0 Å². The first-order chi connectivity index (χ1) is 15.9. The van der Waals surface area contributed by atoms with Gasteiger partial charge in [-0.05, 0) is 54.7 Å². The molecule has 0 unspecified atom stereocenters. The summed E-state index contributed by atoms with van der Waals surface area (Å²) in [7, 11) is -2.35. The first-order valence-electron chi connectivity index (χ1n) is 10.9. The van der Waals surface area contributed by atoms with Gasteiger partial charge in [0.1, 0.15) is 5.75 Å². The first kappa shape index (κ1) is 23.0. The van der Waals surface area contributed by atoms with Crippen molar-refractivity contribution in [2.75, 3.05) is 20.2 Å². The lowest BCUT2D eigenvalue weighted by molar-refractivity contribution is 0.0693. The molecule has 9 heteroatoms. The Morgan fingerprint density at radius 2 is 1.88 bits per heavy atom. The zero-order valence-electron chi connectivity index (χ0n) is 18.8. The van der Waals surface area contributed by atoms with Crippen LogP contribution in [-0.4, -0.2) is 49.0 Å². The number of nitrogens with one attached hydrogen (secondary N) is 1. The summed E-state index contributed by atoms with van der Waals surface area (Å²) in [6.07, 6.45) is 7.11. The van der Waals surface area contributed by atoms with Crippen molar-refractivity contribution in [1.29, 1.82) is 0 Å². The molecule has 0 radical (unpaired) electrons. The molecule has 0 atom stereocenters.